The normalized spacial score (nSPS) is 18.3. The third-order valence-electron chi connectivity index (χ3n) is 3.58. The number of nitrogens with two attached hydrogens (primary N) is 1. The van der Waals surface area contributed by atoms with E-state index in [2.05, 4.69) is 4.90 Å². The summed E-state index contributed by atoms with van der Waals surface area (Å²) in [5.74, 6) is 0.858. The van der Waals surface area contributed by atoms with Crippen molar-refractivity contribution in [2.24, 2.45) is 5.73 Å². The number of rotatable bonds is 5. The molecule has 3 nitrogen and oxygen atoms in total. The predicted octanol–water partition coefficient (Wildman–Crippen LogP) is 3.22. The molecule has 0 spiro atoms. The molecule has 0 amide bonds. The highest BCUT2D eigenvalue weighted by molar-refractivity contribution is 6.30. The van der Waals surface area contributed by atoms with Crippen LogP contribution >= 0.6 is 11.6 Å². The van der Waals surface area contributed by atoms with Crippen LogP contribution in [0.2, 0.25) is 5.02 Å². The first-order valence-corrected chi connectivity index (χ1v) is 7.45. The Labute approximate surface area is 120 Å². The average molecular weight is 283 g/mol. The second-order valence-electron chi connectivity index (χ2n) is 5.22. The molecule has 1 heterocycles. The van der Waals surface area contributed by atoms with Crippen molar-refractivity contribution in [3.63, 3.8) is 0 Å². The summed E-state index contributed by atoms with van der Waals surface area (Å²) < 4.78 is 5.88. The lowest BCUT2D eigenvalue weighted by Gasteiger charge is -2.26. The van der Waals surface area contributed by atoms with E-state index >= 15 is 0 Å². The number of likely N-dealkylation sites (tertiary alicyclic amines) is 1. The molecule has 2 N–H and O–H groups in total. The van der Waals surface area contributed by atoms with E-state index in [4.69, 9.17) is 22.1 Å². The molecular formula is C15H23ClN2O. The summed E-state index contributed by atoms with van der Waals surface area (Å²) in [6, 6.07) is 5.59. The maximum atomic E-state index is 6.00. The van der Waals surface area contributed by atoms with Gasteiger partial charge in [0.25, 0.3) is 0 Å². The zero-order valence-electron chi connectivity index (χ0n) is 11.6. The zero-order chi connectivity index (χ0) is 13.7. The van der Waals surface area contributed by atoms with E-state index in [9.17, 15) is 0 Å². The smallest absolute Gasteiger partial charge is 0.124 e. The molecule has 1 aromatic rings. The molecular weight excluding hydrogens is 260 g/mol. The first kappa shape index (κ1) is 14.6. The second-order valence-corrected chi connectivity index (χ2v) is 5.66. The number of halogens is 1. The van der Waals surface area contributed by atoms with Gasteiger partial charge in [-0.1, -0.05) is 18.0 Å². The highest BCUT2D eigenvalue weighted by atomic mass is 35.5. The van der Waals surface area contributed by atoms with Gasteiger partial charge in [0.1, 0.15) is 12.4 Å². The highest BCUT2D eigenvalue weighted by Crippen LogP contribution is 2.27. The molecule has 1 aliphatic heterocycles. The molecule has 0 bridgehead atoms. The van der Waals surface area contributed by atoms with Crippen LogP contribution in [0.3, 0.4) is 0 Å². The largest absolute Gasteiger partial charge is 0.492 e. The minimum Gasteiger partial charge on any atom is -0.492 e. The molecule has 1 fully saturated rings. The standard InChI is InChI=1S/C15H23ClN2O/c1-12(17)14-11-13(16)5-6-15(14)19-10-9-18-7-3-2-4-8-18/h5-6,11-12H,2-4,7-10,17H2,1H3/t12-/m0/s1. The van der Waals surface area contributed by atoms with Gasteiger partial charge in [0.15, 0.2) is 0 Å². The Morgan fingerprint density at radius 2 is 2.05 bits per heavy atom. The quantitative estimate of drug-likeness (QED) is 0.901. The van der Waals surface area contributed by atoms with Gasteiger partial charge in [-0.05, 0) is 51.1 Å². The Kier molecular flexibility index (Phi) is 5.49. The lowest BCUT2D eigenvalue weighted by Crippen LogP contribution is -2.33. The van der Waals surface area contributed by atoms with Crippen LogP contribution in [0, 0.1) is 0 Å². The first-order valence-electron chi connectivity index (χ1n) is 7.07. The van der Waals surface area contributed by atoms with Crippen molar-refractivity contribution >= 4 is 11.6 Å². The fourth-order valence-electron chi connectivity index (χ4n) is 2.47. The van der Waals surface area contributed by atoms with Crippen LogP contribution in [-0.2, 0) is 0 Å². The van der Waals surface area contributed by atoms with Gasteiger partial charge in [-0.25, -0.2) is 0 Å². The molecule has 0 saturated carbocycles. The summed E-state index contributed by atoms with van der Waals surface area (Å²) >= 11 is 6.00. The van der Waals surface area contributed by atoms with Crippen molar-refractivity contribution in [2.75, 3.05) is 26.2 Å². The highest BCUT2D eigenvalue weighted by Gasteiger charge is 2.12. The van der Waals surface area contributed by atoms with Gasteiger partial charge >= 0.3 is 0 Å². The second kappa shape index (κ2) is 7.13. The average Bonchev–Trinajstić information content (AvgIpc) is 2.41. The zero-order valence-corrected chi connectivity index (χ0v) is 12.3. The summed E-state index contributed by atoms with van der Waals surface area (Å²) in [6.45, 7) is 6.04. The lowest BCUT2D eigenvalue weighted by molar-refractivity contribution is 0.182. The molecule has 1 atom stereocenters. The van der Waals surface area contributed by atoms with Crippen LogP contribution in [0.25, 0.3) is 0 Å². The number of nitrogens with zero attached hydrogens (tertiary/aromatic N) is 1. The molecule has 4 heteroatoms. The third kappa shape index (κ3) is 4.37. The number of hydrogen-bond acceptors (Lipinski definition) is 3. The first-order chi connectivity index (χ1) is 9.16. The summed E-state index contributed by atoms with van der Waals surface area (Å²) in [7, 11) is 0. The Morgan fingerprint density at radius 1 is 1.32 bits per heavy atom. The van der Waals surface area contributed by atoms with Crippen molar-refractivity contribution < 1.29 is 4.74 Å². The predicted molar refractivity (Wildman–Crippen MR) is 79.8 cm³/mol. The van der Waals surface area contributed by atoms with E-state index in [-0.39, 0.29) is 6.04 Å². The minimum absolute atomic E-state index is 0.0660. The lowest BCUT2D eigenvalue weighted by atomic mass is 10.1. The Balaban J connectivity index is 1.88. The summed E-state index contributed by atoms with van der Waals surface area (Å²) in [6.07, 6.45) is 3.99. The Bertz CT molecular complexity index is 403. The minimum atomic E-state index is -0.0660. The van der Waals surface area contributed by atoms with Gasteiger partial charge in [0.05, 0.1) is 0 Å². The van der Waals surface area contributed by atoms with E-state index in [0.717, 1.165) is 17.9 Å². The van der Waals surface area contributed by atoms with Gasteiger partial charge in [-0.2, -0.15) is 0 Å². The van der Waals surface area contributed by atoms with Crippen LogP contribution in [-0.4, -0.2) is 31.1 Å². The molecule has 19 heavy (non-hydrogen) atoms. The van der Waals surface area contributed by atoms with Crippen molar-refractivity contribution in [1.29, 1.82) is 0 Å². The molecule has 0 unspecified atom stereocenters. The van der Waals surface area contributed by atoms with E-state index in [1.807, 2.05) is 25.1 Å². The van der Waals surface area contributed by atoms with E-state index in [1.54, 1.807) is 0 Å². The maximum absolute atomic E-state index is 6.00. The van der Waals surface area contributed by atoms with E-state index in [0.29, 0.717) is 11.6 Å². The molecule has 0 aliphatic carbocycles. The van der Waals surface area contributed by atoms with Gasteiger partial charge in [-0.15, -0.1) is 0 Å². The Hall–Kier alpha value is -0.770. The topological polar surface area (TPSA) is 38.5 Å². The van der Waals surface area contributed by atoms with Gasteiger partial charge in [0.2, 0.25) is 0 Å². The molecule has 1 aromatic carbocycles. The van der Waals surface area contributed by atoms with Crippen LogP contribution in [0.15, 0.2) is 18.2 Å². The van der Waals surface area contributed by atoms with Crippen LogP contribution in [0.1, 0.15) is 37.8 Å². The fourth-order valence-corrected chi connectivity index (χ4v) is 2.65. The molecule has 2 rings (SSSR count). The van der Waals surface area contributed by atoms with Crippen molar-refractivity contribution in [3.8, 4) is 5.75 Å². The number of ether oxygens (including phenoxy) is 1. The Morgan fingerprint density at radius 3 is 2.74 bits per heavy atom. The summed E-state index contributed by atoms with van der Waals surface area (Å²) in [5, 5.41) is 0.704. The molecule has 0 radical (unpaired) electrons. The van der Waals surface area contributed by atoms with E-state index in [1.165, 1.54) is 32.4 Å². The van der Waals surface area contributed by atoms with Gasteiger partial charge in [-0.3, -0.25) is 4.90 Å². The number of hydrogen-bond donors (Lipinski definition) is 1. The van der Waals surface area contributed by atoms with Crippen LogP contribution in [0.4, 0.5) is 0 Å². The molecule has 106 valence electrons. The van der Waals surface area contributed by atoms with E-state index < -0.39 is 0 Å². The molecule has 1 aliphatic rings. The third-order valence-corrected chi connectivity index (χ3v) is 3.81. The van der Waals surface area contributed by atoms with Crippen LogP contribution < -0.4 is 10.5 Å². The van der Waals surface area contributed by atoms with Crippen molar-refractivity contribution in [2.45, 2.75) is 32.2 Å². The maximum Gasteiger partial charge on any atom is 0.124 e. The summed E-state index contributed by atoms with van der Waals surface area (Å²) in [5.41, 5.74) is 6.93. The monoisotopic (exact) mass is 282 g/mol. The van der Waals surface area contributed by atoms with Gasteiger partial charge in [0, 0.05) is 23.2 Å². The molecule has 1 saturated heterocycles. The van der Waals surface area contributed by atoms with Crippen LogP contribution in [0.5, 0.6) is 5.75 Å². The number of piperidine rings is 1. The summed E-state index contributed by atoms with van der Waals surface area (Å²) in [4.78, 5) is 2.46. The van der Waals surface area contributed by atoms with Crippen molar-refractivity contribution in [1.82, 2.24) is 4.90 Å². The van der Waals surface area contributed by atoms with Crippen molar-refractivity contribution in [3.05, 3.63) is 28.8 Å². The molecule has 0 aromatic heterocycles. The number of benzene rings is 1. The SMILES string of the molecule is C[C@H](N)c1cc(Cl)ccc1OCCN1CCCCC1. The van der Waals surface area contributed by atoms with Gasteiger partial charge < -0.3 is 10.5 Å². The fraction of sp³-hybridized carbons (Fsp3) is 0.600.